The Hall–Kier alpha value is -0.200. The van der Waals surface area contributed by atoms with Crippen LogP contribution in [0.2, 0.25) is 0 Å². The zero-order valence-electron chi connectivity index (χ0n) is 10.5. The molecule has 6 heteroatoms. The molecule has 104 valence electrons. The monoisotopic (exact) mass is 344 g/mol. The van der Waals surface area contributed by atoms with Crippen molar-refractivity contribution in [2.24, 2.45) is 23.7 Å². The number of alkyl halides is 1. The number of halogens is 1. The van der Waals surface area contributed by atoms with Gasteiger partial charge in [-0.15, -0.1) is 0 Å². The van der Waals surface area contributed by atoms with Gasteiger partial charge in [-0.2, -0.15) is 0 Å². The van der Waals surface area contributed by atoms with Gasteiger partial charge in [0.25, 0.3) is 0 Å². The molecule has 4 bridgehead atoms. The van der Waals surface area contributed by atoms with E-state index in [-0.39, 0.29) is 3.78 Å². The second kappa shape index (κ2) is 4.15. The highest BCUT2D eigenvalue weighted by Gasteiger charge is 2.56. The number of carboxylic acids is 1. The minimum absolute atomic E-state index is 0.301. The third-order valence-electron chi connectivity index (χ3n) is 5.10. The van der Waals surface area contributed by atoms with Crippen molar-refractivity contribution in [1.29, 1.82) is 0 Å². The highest BCUT2D eigenvalue weighted by atomic mass is 79.9. The number of nitrogens with zero attached hydrogens (tertiary/aromatic N) is 1. The van der Waals surface area contributed by atoms with Gasteiger partial charge in [-0.3, -0.25) is 0 Å². The molecule has 0 amide bonds. The standard InChI is InChI=1S/C13H17BrN2O2S/c14-13(15-10(6-19-13)12(17)18)11-8-1-7-2-9(11)5-16(3-7)4-8/h6-9,11,15H,1-5H2,(H,17,18). The van der Waals surface area contributed by atoms with Gasteiger partial charge in [0.2, 0.25) is 0 Å². The van der Waals surface area contributed by atoms with E-state index < -0.39 is 5.97 Å². The van der Waals surface area contributed by atoms with Crippen molar-refractivity contribution < 1.29 is 9.90 Å². The van der Waals surface area contributed by atoms with Gasteiger partial charge in [0.15, 0.2) is 0 Å². The van der Waals surface area contributed by atoms with Gasteiger partial charge in [0.05, 0.1) is 0 Å². The molecule has 4 nitrogen and oxygen atoms in total. The molecule has 19 heavy (non-hydrogen) atoms. The van der Waals surface area contributed by atoms with Crippen LogP contribution in [0.15, 0.2) is 11.1 Å². The average Bonchev–Trinajstić information content (AvgIpc) is 2.71. The molecule has 3 atom stereocenters. The highest BCUT2D eigenvalue weighted by Crippen LogP contribution is 2.57. The maximum Gasteiger partial charge on any atom is 0.352 e. The first-order chi connectivity index (χ1) is 9.05. The minimum Gasteiger partial charge on any atom is -0.477 e. The molecule has 4 fully saturated rings. The first-order valence-corrected chi connectivity index (χ1v) is 8.53. The number of carbonyl (C=O) groups is 1. The summed E-state index contributed by atoms with van der Waals surface area (Å²) in [4.78, 5) is 13.7. The van der Waals surface area contributed by atoms with Crippen molar-refractivity contribution in [2.45, 2.75) is 16.6 Å². The fourth-order valence-electron chi connectivity index (χ4n) is 4.67. The van der Waals surface area contributed by atoms with Crippen LogP contribution >= 0.6 is 27.7 Å². The number of rotatable bonds is 2. The van der Waals surface area contributed by atoms with Crippen molar-refractivity contribution >= 4 is 33.7 Å². The molecular weight excluding hydrogens is 328 g/mol. The lowest BCUT2D eigenvalue weighted by molar-refractivity contribution is -0.133. The summed E-state index contributed by atoms with van der Waals surface area (Å²) in [5, 5.41) is 14.1. The van der Waals surface area contributed by atoms with Crippen LogP contribution in [0.4, 0.5) is 0 Å². The van der Waals surface area contributed by atoms with E-state index in [0.29, 0.717) is 23.5 Å². The number of carboxylic acid groups (broad SMARTS) is 1. The molecule has 0 spiro atoms. The topological polar surface area (TPSA) is 52.6 Å². The van der Waals surface area contributed by atoms with Gasteiger partial charge >= 0.3 is 5.97 Å². The molecule has 2 N–H and O–H groups in total. The Kier molecular flexibility index (Phi) is 2.74. The lowest BCUT2D eigenvalue weighted by Crippen LogP contribution is -2.63. The Morgan fingerprint density at radius 3 is 2.63 bits per heavy atom. The molecule has 5 rings (SSSR count). The van der Waals surface area contributed by atoms with Crippen LogP contribution in [-0.4, -0.2) is 39.4 Å². The van der Waals surface area contributed by atoms with Crippen LogP contribution in [0.5, 0.6) is 0 Å². The zero-order chi connectivity index (χ0) is 13.2. The Balaban J connectivity index is 1.58. The van der Waals surface area contributed by atoms with Crippen molar-refractivity contribution in [2.75, 3.05) is 19.6 Å². The molecule has 3 saturated heterocycles. The minimum atomic E-state index is -0.860. The van der Waals surface area contributed by atoms with E-state index in [1.165, 1.54) is 32.5 Å². The molecule has 0 aromatic rings. The Morgan fingerprint density at radius 2 is 2.11 bits per heavy atom. The first-order valence-electron chi connectivity index (χ1n) is 6.86. The molecular formula is C13H17BrN2O2S. The summed E-state index contributed by atoms with van der Waals surface area (Å²) in [6.07, 6.45) is 2.63. The van der Waals surface area contributed by atoms with Gasteiger partial charge in [0, 0.05) is 31.0 Å². The van der Waals surface area contributed by atoms with Crippen LogP contribution in [0.3, 0.4) is 0 Å². The van der Waals surface area contributed by atoms with Gasteiger partial charge < -0.3 is 15.3 Å². The number of aliphatic carboxylic acids is 1. The summed E-state index contributed by atoms with van der Waals surface area (Å²) >= 11 is 5.43. The van der Waals surface area contributed by atoms with E-state index in [9.17, 15) is 4.79 Å². The average molecular weight is 345 g/mol. The van der Waals surface area contributed by atoms with Crippen LogP contribution in [0.1, 0.15) is 12.8 Å². The lowest BCUT2D eigenvalue weighted by Gasteiger charge is -2.58. The molecule has 4 heterocycles. The number of hydrogen-bond donors (Lipinski definition) is 2. The quantitative estimate of drug-likeness (QED) is 0.591. The number of hydrogen-bond acceptors (Lipinski definition) is 4. The summed E-state index contributed by atoms with van der Waals surface area (Å²) < 4.78 is -0.301. The first kappa shape index (κ1) is 12.5. The number of piperidine rings is 3. The molecule has 0 aromatic carbocycles. The molecule has 1 aliphatic carbocycles. The van der Waals surface area contributed by atoms with Crippen LogP contribution in [0.25, 0.3) is 0 Å². The van der Waals surface area contributed by atoms with E-state index in [4.69, 9.17) is 5.11 Å². The number of thioether (sulfide) groups is 1. The van der Waals surface area contributed by atoms with E-state index in [1.807, 2.05) is 0 Å². The van der Waals surface area contributed by atoms with Crippen molar-refractivity contribution in [3.05, 3.63) is 11.1 Å². The zero-order valence-corrected chi connectivity index (χ0v) is 12.9. The summed E-state index contributed by atoms with van der Waals surface area (Å²) in [5.74, 6) is 1.95. The summed E-state index contributed by atoms with van der Waals surface area (Å²) in [6.45, 7) is 3.67. The van der Waals surface area contributed by atoms with Crippen molar-refractivity contribution in [1.82, 2.24) is 10.2 Å². The lowest BCUT2D eigenvalue weighted by atomic mass is 9.61. The largest absolute Gasteiger partial charge is 0.477 e. The van der Waals surface area contributed by atoms with Crippen LogP contribution < -0.4 is 5.32 Å². The number of nitrogens with one attached hydrogen (secondary N) is 1. The molecule has 4 aliphatic heterocycles. The predicted molar refractivity (Wildman–Crippen MR) is 77.7 cm³/mol. The fraction of sp³-hybridized carbons (Fsp3) is 0.769. The van der Waals surface area contributed by atoms with Crippen LogP contribution in [-0.2, 0) is 4.79 Å². The van der Waals surface area contributed by atoms with Gasteiger partial charge in [0.1, 0.15) is 9.48 Å². The molecule has 5 aliphatic rings. The maximum atomic E-state index is 11.1. The Morgan fingerprint density at radius 1 is 1.42 bits per heavy atom. The molecule has 3 unspecified atom stereocenters. The van der Waals surface area contributed by atoms with Crippen molar-refractivity contribution in [3.63, 3.8) is 0 Å². The smallest absolute Gasteiger partial charge is 0.352 e. The third-order valence-corrected chi connectivity index (χ3v) is 7.46. The maximum absolute atomic E-state index is 11.1. The van der Waals surface area contributed by atoms with Gasteiger partial charge in [-0.1, -0.05) is 11.8 Å². The SMILES string of the molecule is O=C(O)C1=CSC(Br)(C2C3CC4CC2CN(C4)C3)N1. The normalized spacial score (nSPS) is 51.0. The molecule has 1 saturated carbocycles. The van der Waals surface area contributed by atoms with Crippen molar-refractivity contribution in [3.8, 4) is 0 Å². The molecule has 0 aromatic heterocycles. The summed E-state index contributed by atoms with van der Waals surface area (Å²) in [5.41, 5.74) is 0.330. The summed E-state index contributed by atoms with van der Waals surface area (Å²) in [6, 6.07) is 0. The van der Waals surface area contributed by atoms with Gasteiger partial charge in [-0.25, -0.2) is 4.79 Å². The fourth-order valence-corrected chi connectivity index (χ4v) is 7.07. The Bertz CT molecular complexity index is 442. The van der Waals surface area contributed by atoms with Gasteiger partial charge in [-0.05, 0) is 46.5 Å². The third kappa shape index (κ3) is 1.87. The molecule has 0 radical (unpaired) electrons. The van der Waals surface area contributed by atoms with Crippen LogP contribution in [0, 0.1) is 23.7 Å². The Labute approximate surface area is 125 Å². The second-order valence-corrected chi connectivity index (χ2v) is 9.22. The van der Waals surface area contributed by atoms with E-state index in [2.05, 4.69) is 26.1 Å². The summed E-state index contributed by atoms with van der Waals surface area (Å²) in [7, 11) is 0. The van der Waals surface area contributed by atoms with E-state index in [0.717, 1.165) is 5.92 Å². The highest BCUT2D eigenvalue weighted by molar-refractivity contribution is 9.12. The van der Waals surface area contributed by atoms with E-state index in [1.54, 1.807) is 17.2 Å². The second-order valence-electron chi connectivity index (χ2n) is 6.33. The van der Waals surface area contributed by atoms with E-state index >= 15 is 0 Å². The predicted octanol–water partition coefficient (Wildman–Crippen LogP) is 1.89.